The van der Waals surface area contributed by atoms with Gasteiger partial charge in [0.2, 0.25) is 5.91 Å². The van der Waals surface area contributed by atoms with Crippen molar-refractivity contribution in [2.45, 2.75) is 32.1 Å². The molecule has 0 unspecified atom stereocenters. The first-order chi connectivity index (χ1) is 15.5. The molecule has 1 aromatic carbocycles. The van der Waals surface area contributed by atoms with Gasteiger partial charge in [0.05, 0.1) is 18.8 Å². The van der Waals surface area contributed by atoms with Crippen molar-refractivity contribution in [1.29, 1.82) is 0 Å². The largest absolute Gasteiger partial charge is 0.493 e. The summed E-state index contributed by atoms with van der Waals surface area (Å²) in [6, 6.07) is 4.63. The zero-order valence-corrected chi connectivity index (χ0v) is 19.4. The van der Waals surface area contributed by atoms with Crippen molar-refractivity contribution in [2.24, 2.45) is 11.8 Å². The van der Waals surface area contributed by atoms with Crippen LogP contribution < -0.4 is 10.1 Å². The normalized spacial score (nSPS) is 18.7. The fraction of sp³-hybridized carbons (Fsp3) is 0.583. The highest BCUT2D eigenvalue weighted by Crippen LogP contribution is 2.39. The van der Waals surface area contributed by atoms with Crippen LogP contribution in [0.15, 0.2) is 18.2 Å². The maximum atomic E-state index is 13.8. The molecule has 0 atom stereocenters. The van der Waals surface area contributed by atoms with Crippen molar-refractivity contribution in [3.05, 3.63) is 28.9 Å². The number of carbonyl (C=O) groups is 1. The number of rotatable bonds is 7. The van der Waals surface area contributed by atoms with Crippen LogP contribution in [0.25, 0.3) is 11.3 Å². The monoisotopic (exact) mass is 458 g/mol. The van der Waals surface area contributed by atoms with E-state index in [1.807, 2.05) is 4.90 Å². The van der Waals surface area contributed by atoms with Crippen LogP contribution in [0.4, 0.5) is 9.52 Å². The molecule has 0 bridgehead atoms. The van der Waals surface area contributed by atoms with E-state index in [0.717, 1.165) is 72.6 Å². The number of nitrogens with zero attached hydrogens (tertiary/aromatic N) is 3. The second kappa shape index (κ2) is 9.35. The summed E-state index contributed by atoms with van der Waals surface area (Å²) >= 11 is 1.63. The number of likely N-dealkylation sites (tertiary alicyclic amines) is 1. The van der Waals surface area contributed by atoms with Crippen molar-refractivity contribution in [1.82, 2.24) is 14.8 Å². The molecule has 8 heteroatoms. The van der Waals surface area contributed by atoms with Crippen molar-refractivity contribution < 1.29 is 13.9 Å². The Kier molecular flexibility index (Phi) is 6.33. The zero-order chi connectivity index (χ0) is 22.1. The Morgan fingerprint density at radius 2 is 2.09 bits per heavy atom. The van der Waals surface area contributed by atoms with E-state index in [-0.39, 0.29) is 11.7 Å². The number of nitrogens with one attached hydrogen (secondary N) is 1. The van der Waals surface area contributed by atoms with Crippen molar-refractivity contribution >= 4 is 22.4 Å². The van der Waals surface area contributed by atoms with Crippen LogP contribution in [0.3, 0.4) is 0 Å². The lowest BCUT2D eigenvalue weighted by Gasteiger charge is -2.33. The van der Waals surface area contributed by atoms with Gasteiger partial charge < -0.3 is 15.0 Å². The van der Waals surface area contributed by atoms with Gasteiger partial charge in [0.25, 0.3) is 0 Å². The molecule has 32 heavy (non-hydrogen) atoms. The third kappa shape index (κ3) is 5.07. The molecule has 5 rings (SSSR count). The van der Waals surface area contributed by atoms with E-state index in [0.29, 0.717) is 24.8 Å². The molecule has 3 heterocycles. The molecule has 0 radical (unpaired) electrons. The zero-order valence-electron chi connectivity index (χ0n) is 18.6. The lowest BCUT2D eigenvalue weighted by molar-refractivity contribution is -0.133. The number of likely N-dealkylation sites (N-methyl/N-ethyl adjacent to an activating group) is 1. The minimum absolute atomic E-state index is 0.260. The van der Waals surface area contributed by atoms with Gasteiger partial charge in [-0.2, -0.15) is 0 Å². The first-order valence-electron chi connectivity index (χ1n) is 11.7. The number of halogens is 1. The minimum Gasteiger partial charge on any atom is -0.493 e. The Hall–Kier alpha value is -2.19. The Morgan fingerprint density at radius 3 is 2.88 bits per heavy atom. The molecule has 2 fully saturated rings. The number of amides is 1. The lowest BCUT2D eigenvalue weighted by atomic mass is 9.97. The highest BCUT2D eigenvalue weighted by molar-refractivity contribution is 7.16. The number of thiazole rings is 1. The number of fused-ring (bicyclic) bond motifs is 3. The second-order valence-electron chi connectivity index (χ2n) is 9.37. The van der Waals surface area contributed by atoms with E-state index >= 15 is 0 Å². The molecule has 1 saturated heterocycles. The molecule has 6 nitrogen and oxygen atoms in total. The first kappa shape index (κ1) is 21.6. The first-order valence-corrected chi connectivity index (χ1v) is 12.5. The van der Waals surface area contributed by atoms with E-state index in [9.17, 15) is 9.18 Å². The number of piperidine rings is 1. The average molecular weight is 459 g/mol. The summed E-state index contributed by atoms with van der Waals surface area (Å²) in [5.41, 5.74) is 1.57. The van der Waals surface area contributed by atoms with Crippen molar-refractivity contribution in [3.8, 4) is 17.0 Å². The van der Waals surface area contributed by atoms with E-state index in [4.69, 9.17) is 9.72 Å². The average Bonchev–Trinajstić information content (AvgIpc) is 3.53. The van der Waals surface area contributed by atoms with E-state index in [1.165, 1.54) is 25.0 Å². The summed E-state index contributed by atoms with van der Waals surface area (Å²) in [4.78, 5) is 22.7. The van der Waals surface area contributed by atoms with Crippen LogP contribution in [-0.4, -0.2) is 67.1 Å². The molecule has 1 N–H and O–H groups in total. The smallest absolute Gasteiger partial charge is 0.236 e. The quantitative estimate of drug-likeness (QED) is 0.683. The van der Waals surface area contributed by atoms with Crippen LogP contribution in [-0.2, 0) is 11.2 Å². The van der Waals surface area contributed by atoms with Crippen LogP contribution in [0.1, 0.15) is 30.6 Å². The standard InChI is InChI=1S/C24H31FN4O2S/c1-28(14-17-2-3-17)15-22(30)29-9-6-16(7-10-29)13-26-24-27-23-19-12-18(25)4-5-20(19)31-11-8-21(23)32-24/h4-5,12,16-17H,2-3,6-11,13-15H2,1H3,(H,26,27). The summed E-state index contributed by atoms with van der Waals surface area (Å²) in [5.74, 6) is 2.02. The third-order valence-electron chi connectivity index (χ3n) is 6.66. The predicted molar refractivity (Wildman–Crippen MR) is 125 cm³/mol. The Balaban J connectivity index is 1.13. The number of benzene rings is 1. The Labute approximate surface area is 192 Å². The highest BCUT2D eigenvalue weighted by Gasteiger charge is 2.27. The van der Waals surface area contributed by atoms with Gasteiger partial charge in [0.1, 0.15) is 11.6 Å². The topological polar surface area (TPSA) is 57.7 Å². The van der Waals surface area contributed by atoms with Crippen LogP contribution >= 0.6 is 11.3 Å². The van der Waals surface area contributed by atoms with Gasteiger partial charge >= 0.3 is 0 Å². The SMILES string of the molecule is CN(CC(=O)N1CCC(CNc2nc3c(s2)CCOc2ccc(F)cc2-3)CC1)CC1CC1. The summed E-state index contributed by atoms with van der Waals surface area (Å²) in [7, 11) is 2.06. The Bertz CT molecular complexity index is 969. The fourth-order valence-electron chi connectivity index (χ4n) is 4.63. The Morgan fingerprint density at radius 1 is 1.28 bits per heavy atom. The van der Waals surface area contributed by atoms with Gasteiger partial charge in [-0.3, -0.25) is 9.69 Å². The summed E-state index contributed by atoms with van der Waals surface area (Å²) in [6.07, 6.45) is 5.43. The van der Waals surface area contributed by atoms with Gasteiger partial charge in [-0.15, -0.1) is 11.3 Å². The molecule has 1 aromatic heterocycles. The molecular formula is C24H31FN4O2S. The maximum absolute atomic E-state index is 13.8. The fourth-order valence-corrected chi connectivity index (χ4v) is 5.59. The van der Waals surface area contributed by atoms with Crippen molar-refractivity contribution in [2.75, 3.05) is 51.7 Å². The van der Waals surface area contributed by atoms with Crippen LogP contribution in [0.5, 0.6) is 5.75 Å². The summed E-state index contributed by atoms with van der Waals surface area (Å²) in [6.45, 7) is 4.68. The molecule has 2 aliphatic heterocycles. The van der Waals surface area contributed by atoms with Crippen LogP contribution in [0.2, 0.25) is 0 Å². The predicted octanol–water partition coefficient (Wildman–Crippen LogP) is 3.88. The number of hydrogen-bond acceptors (Lipinski definition) is 6. The van der Waals surface area contributed by atoms with E-state index in [2.05, 4.69) is 17.3 Å². The van der Waals surface area contributed by atoms with E-state index < -0.39 is 0 Å². The molecular weight excluding hydrogens is 427 g/mol. The van der Waals surface area contributed by atoms with Crippen molar-refractivity contribution in [3.63, 3.8) is 0 Å². The summed E-state index contributed by atoms with van der Waals surface area (Å²) in [5, 5.41) is 4.39. The number of aromatic nitrogens is 1. The van der Waals surface area contributed by atoms with Gasteiger partial charge in [-0.1, -0.05) is 0 Å². The lowest BCUT2D eigenvalue weighted by Crippen LogP contribution is -2.44. The number of anilines is 1. The maximum Gasteiger partial charge on any atom is 0.236 e. The molecule has 172 valence electrons. The van der Waals surface area contributed by atoms with Gasteiger partial charge in [0, 0.05) is 43.0 Å². The van der Waals surface area contributed by atoms with E-state index in [1.54, 1.807) is 17.4 Å². The number of ether oxygens (including phenoxy) is 1. The van der Waals surface area contributed by atoms with Gasteiger partial charge in [-0.25, -0.2) is 9.37 Å². The van der Waals surface area contributed by atoms with Gasteiger partial charge in [-0.05, 0) is 62.8 Å². The number of carbonyl (C=O) groups excluding carboxylic acids is 1. The molecule has 1 amide bonds. The molecule has 1 saturated carbocycles. The second-order valence-corrected chi connectivity index (χ2v) is 10.5. The molecule has 1 aliphatic carbocycles. The molecule has 3 aliphatic rings. The summed E-state index contributed by atoms with van der Waals surface area (Å²) < 4.78 is 19.6. The highest BCUT2D eigenvalue weighted by atomic mass is 32.1. The third-order valence-corrected chi connectivity index (χ3v) is 7.73. The van der Waals surface area contributed by atoms with Crippen LogP contribution in [0, 0.1) is 17.7 Å². The minimum atomic E-state index is -0.275. The molecule has 0 spiro atoms. The van der Waals surface area contributed by atoms with Gasteiger partial charge in [0.15, 0.2) is 5.13 Å². The molecule has 2 aromatic rings. The number of hydrogen-bond donors (Lipinski definition) is 1.